The summed E-state index contributed by atoms with van der Waals surface area (Å²) in [6, 6.07) is 5.90. The van der Waals surface area contributed by atoms with Crippen LogP contribution in [0.2, 0.25) is 0 Å². The molecule has 0 aliphatic carbocycles. The first kappa shape index (κ1) is 28.4. The molecule has 0 spiro atoms. The standard InChI is InChI=1S/C24H35BrN4O6/c1-15(2)19(27-22(32)34-6)21(31)29-14-28(23(33)35-24(3,4)5)13-18(29)20(30)26-12-11-16-7-9-17(25)10-8-16/h7-10,15,18-19H,11-14H2,1-6H3,(H,26,30)(H,27,32). The minimum absolute atomic E-state index is 0.0200. The van der Waals surface area contributed by atoms with E-state index in [4.69, 9.17) is 4.74 Å². The molecule has 0 radical (unpaired) electrons. The Morgan fingerprint density at radius 2 is 1.77 bits per heavy atom. The lowest BCUT2D eigenvalue weighted by molar-refractivity contribution is -0.140. The SMILES string of the molecule is COC(=O)NC(C(=O)N1CN(C(=O)OC(C)(C)C)CC1C(=O)NCCc1ccc(Br)cc1)C(C)C. The molecule has 194 valence electrons. The highest BCUT2D eigenvalue weighted by Gasteiger charge is 2.44. The number of hydrogen-bond donors (Lipinski definition) is 2. The molecule has 0 saturated carbocycles. The number of halogens is 1. The zero-order valence-corrected chi connectivity index (χ0v) is 22.7. The summed E-state index contributed by atoms with van der Waals surface area (Å²) in [6.07, 6.45) is -0.771. The summed E-state index contributed by atoms with van der Waals surface area (Å²) in [5.41, 5.74) is 0.314. The Labute approximate surface area is 214 Å². The van der Waals surface area contributed by atoms with E-state index >= 15 is 0 Å². The summed E-state index contributed by atoms with van der Waals surface area (Å²) in [6.45, 7) is 8.97. The maximum atomic E-state index is 13.4. The number of ether oxygens (including phenoxy) is 2. The highest BCUT2D eigenvalue weighted by molar-refractivity contribution is 9.10. The summed E-state index contributed by atoms with van der Waals surface area (Å²) in [7, 11) is 1.21. The molecule has 35 heavy (non-hydrogen) atoms. The summed E-state index contributed by atoms with van der Waals surface area (Å²) >= 11 is 3.39. The third-order valence-electron chi connectivity index (χ3n) is 5.35. The highest BCUT2D eigenvalue weighted by atomic mass is 79.9. The van der Waals surface area contributed by atoms with Crippen molar-refractivity contribution in [3.63, 3.8) is 0 Å². The molecule has 1 heterocycles. The van der Waals surface area contributed by atoms with Crippen LogP contribution >= 0.6 is 15.9 Å². The first-order chi connectivity index (χ1) is 16.3. The van der Waals surface area contributed by atoms with Crippen LogP contribution in [0.25, 0.3) is 0 Å². The van der Waals surface area contributed by atoms with Crippen molar-refractivity contribution in [1.82, 2.24) is 20.4 Å². The van der Waals surface area contributed by atoms with E-state index in [1.54, 1.807) is 34.6 Å². The normalized spacial score (nSPS) is 16.6. The average Bonchev–Trinajstić information content (AvgIpc) is 3.22. The van der Waals surface area contributed by atoms with Gasteiger partial charge in [0, 0.05) is 11.0 Å². The predicted molar refractivity (Wildman–Crippen MR) is 133 cm³/mol. The lowest BCUT2D eigenvalue weighted by atomic mass is 10.0. The molecule has 11 heteroatoms. The Morgan fingerprint density at radius 1 is 1.14 bits per heavy atom. The van der Waals surface area contributed by atoms with Crippen LogP contribution in [0.1, 0.15) is 40.2 Å². The van der Waals surface area contributed by atoms with Gasteiger partial charge in [-0.1, -0.05) is 41.9 Å². The number of amides is 4. The second kappa shape index (κ2) is 12.2. The van der Waals surface area contributed by atoms with E-state index in [0.717, 1.165) is 10.0 Å². The van der Waals surface area contributed by atoms with Crippen molar-refractivity contribution in [2.45, 2.75) is 58.7 Å². The van der Waals surface area contributed by atoms with Gasteiger partial charge in [-0.15, -0.1) is 0 Å². The first-order valence-corrected chi connectivity index (χ1v) is 12.3. The van der Waals surface area contributed by atoms with Gasteiger partial charge in [0.2, 0.25) is 11.8 Å². The van der Waals surface area contributed by atoms with Gasteiger partial charge in [0.25, 0.3) is 0 Å². The van der Waals surface area contributed by atoms with Crippen LogP contribution in [-0.4, -0.2) is 78.4 Å². The fraction of sp³-hybridized carbons (Fsp3) is 0.583. The fourth-order valence-electron chi connectivity index (χ4n) is 3.53. The highest BCUT2D eigenvalue weighted by Crippen LogP contribution is 2.21. The summed E-state index contributed by atoms with van der Waals surface area (Å²) in [4.78, 5) is 53.7. The molecule has 2 unspecified atom stereocenters. The quantitative estimate of drug-likeness (QED) is 0.535. The third-order valence-corrected chi connectivity index (χ3v) is 5.88. The van der Waals surface area contributed by atoms with Gasteiger partial charge in [0.1, 0.15) is 24.4 Å². The third kappa shape index (κ3) is 8.41. The molecule has 1 aliphatic rings. The van der Waals surface area contributed by atoms with E-state index in [0.29, 0.717) is 13.0 Å². The number of alkyl carbamates (subject to hydrolysis) is 1. The number of hydrogen-bond acceptors (Lipinski definition) is 6. The molecule has 10 nitrogen and oxygen atoms in total. The number of carbonyl (C=O) groups excluding carboxylic acids is 4. The summed E-state index contributed by atoms with van der Waals surface area (Å²) in [5.74, 6) is -1.15. The molecule has 1 fully saturated rings. The Morgan fingerprint density at radius 3 is 2.31 bits per heavy atom. The monoisotopic (exact) mass is 554 g/mol. The fourth-order valence-corrected chi connectivity index (χ4v) is 3.80. The minimum Gasteiger partial charge on any atom is -0.453 e. The van der Waals surface area contributed by atoms with Gasteiger partial charge in [-0.3, -0.25) is 14.5 Å². The van der Waals surface area contributed by atoms with Crippen LogP contribution in [0.5, 0.6) is 0 Å². The van der Waals surface area contributed by atoms with Crippen molar-refractivity contribution in [2.75, 3.05) is 26.9 Å². The molecule has 2 rings (SSSR count). The van der Waals surface area contributed by atoms with E-state index in [1.165, 1.54) is 16.9 Å². The summed E-state index contributed by atoms with van der Waals surface area (Å²) in [5, 5.41) is 5.40. The smallest absolute Gasteiger partial charge is 0.411 e. The van der Waals surface area contributed by atoms with E-state index in [1.807, 2.05) is 24.3 Å². The number of nitrogens with one attached hydrogen (secondary N) is 2. The van der Waals surface area contributed by atoms with Crippen molar-refractivity contribution < 1.29 is 28.7 Å². The van der Waals surface area contributed by atoms with Crippen molar-refractivity contribution in [3.05, 3.63) is 34.3 Å². The molecule has 1 aromatic rings. The second-order valence-electron chi connectivity index (χ2n) is 9.69. The number of nitrogens with zero attached hydrogens (tertiary/aromatic N) is 2. The van der Waals surface area contributed by atoms with Crippen molar-refractivity contribution in [1.29, 1.82) is 0 Å². The molecular weight excluding hydrogens is 520 g/mol. The maximum absolute atomic E-state index is 13.4. The number of rotatable bonds is 7. The number of carbonyl (C=O) groups is 4. The average molecular weight is 555 g/mol. The Hall–Kier alpha value is -2.82. The van der Waals surface area contributed by atoms with Crippen LogP contribution in [0.15, 0.2) is 28.7 Å². The van der Waals surface area contributed by atoms with Crippen LogP contribution in [0, 0.1) is 5.92 Å². The molecule has 2 atom stereocenters. The van der Waals surface area contributed by atoms with E-state index in [9.17, 15) is 19.2 Å². The van der Waals surface area contributed by atoms with E-state index < -0.39 is 35.8 Å². The Kier molecular flexibility index (Phi) is 9.93. The summed E-state index contributed by atoms with van der Waals surface area (Å²) < 4.78 is 11.1. The van der Waals surface area contributed by atoms with Crippen molar-refractivity contribution in [2.24, 2.45) is 5.92 Å². The van der Waals surface area contributed by atoms with Gasteiger partial charge in [0.05, 0.1) is 13.7 Å². The van der Waals surface area contributed by atoms with E-state index in [-0.39, 0.29) is 25.0 Å². The topological polar surface area (TPSA) is 117 Å². The molecule has 1 saturated heterocycles. The lowest BCUT2D eigenvalue weighted by Crippen LogP contribution is -2.55. The Bertz CT molecular complexity index is 916. The van der Waals surface area contributed by atoms with Crippen molar-refractivity contribution >= 4 is 39.9 Å². The van der Waals surface area contributed by atoms with Gasteiger partial charge in [-0.05, 0) is 50.8 Å². The van der Waals surface area contributed by atoms with Gasteiger partial charge in [-0.25, -0.2) is 9.59 Å². The molecule has 4 amide bonds. The zero-order valence-electron chi connectivity index (χ0n) is 21.1. The van der Waals surface area contributed by atoms with Crippen LogP contribution in [-0.2, 0) is 25.5 Å². The van der Waals surface area contributed by atoms with E-state index in [2.05, 4.69) is 31.3 Å². The Balaban J connectivity index is 2.17. The van der Waals surface area contributed by atoms with Crippen LogP contribution in [0.4, 0.5) is 9.59 Å². The minimum atomic E-state index is -0.931. The van der Waals surface area contributed by atoms with Gasteiger partial charge >= 0.3 is 12.2 Å². The molecular formula is C24H35BrN4O6. The maximum Gasteiger partial charge on any atom is 0.411 e. The molecule has 0 aromatic heterocycles. The molecule has 0 bridgehead atoms. The van der Waals surface area contributed by atoms with Crippen LogP contribution in [0.3, 0.4) is 0 Å². The largest absolute Gasteiger partial charge is 0.453 e. The molecule has 1 aromatic carbocycles. The van der Waals surface area contributed by atoms with Gasteiger partial charge < -0.3 is 25.0 Å². The van der Waals surface area contributed by atoms with Crippen molar-refractivity contribution in [3.8, 4) is 0 Å². The predicted octanol–water partition coefficient (Wildman–Crippen LogP) is 2.89. The number of benzene rings is 1. The lowest BCUT2D eigenvalue weighted by Gasteiger charge is -2.29. The van der Waals surface area contributed by atoms with Gasteiger partial charge in [0.15, 0.2) is 0 Å². The first-order valence-electron chi connectivity index (χ1n) is 11.5. The molecule has 2 N–H and O–H groups in total. The van der Waals surface area contributed by atoms with Crippen LogP contribution < -0.4 is 10.6 Å². The zero-order chi connectivity index (χ0) is 26.3. The van der Waals surface area contributed by atoms with Gasteiger partial charge in [-0.2, -0.15) is 0 Å². The number of methoxy groups -OCH3 is 1. The molecule has 1 aliphatic heterocycles. The second-order valence-corrected chi connectivity index (χ2v) is 10.6.